The summed E-state index contributed by atoms with van der Waals surface area (Å²) in [5.74, 6) is -1.01. The third-order valence-electron chi connectivity index (χ3n) is 1.98. The van der Waals surface area contributed by atoms with Crippen LogP contribution >= 0.6 is 0 Å². The van der Waals surface area contributed by atoms with Crippen molar-refractivity contribution in [1.29, 1.82) is 0 Å². The molecule has 0 radical (unpaired) electrons. The summed E-state index contributed by atoms with van der Waals surface area (Å²) in [4.78, 5) is 0. The standard InChI is InChI=1S/C11H11F3O2S/c1-9(7-10-5-3-2-4-6-10)8-17(15,16)11(12,13)14/h2-7H,8H2,1H3/b9-7+. The largest absolute Gasteiger partial charge is 0.497 e. The third kappa shape index (κ3) is 3.89. The van der Waals surface area contributed by atoms with Crippen molar-refractivity contribution in [3.8, 4) is 0 Å². The second-order valence-electron chi connectivity index (χ2n) is 3.61. The van der Waals surface area contributed by atoms with E-state index in [0.29, 0.717) is 5.56 Å². The van der Waals surface area contributed by atoms with E-state index < -0.39 is 21.1 Å². The first-order valence-electron chi connectivity index (χ1n) is 4.73. The van der Waals surface area contributed by atoms with Gasteiger partial charge in [0.1, 0.15) is 0 Å². The van der Waals surface area contributed by atoms with Crippen molar-refractivity contribution < 1.29 is 21.6 Å². The summed E-state index contributed by atoms with van der Waals surface area (Å²) in [6.45, 7) is 1.36. The molecule has 6 heteroatoms. The summed E-state index contributed by atoms with van der Waals surface area (Å²) in [5, 5.41) is 0. The van der Waals surface area contributed by atoms with E-state index >= 15 is 0 Å². The average Bonchev–Trinajstić information content (AvgIpc) is 2.16. The lowest BCUT2D eigenvalue weighted by Crippen LogP contribution is -2.26. The van der Waals surface area contributed by atoms with Gasteiger partial charge in [-0.25, -0.2) is 8.42 Å². The number of halogens is 3. The highest BCUT2D eigenvalue weighted by Gasteiger charge is 2.45. The zero-order valence-electron chi connectivity index (χ0n) is 9.03. The van der Waals surface area contributed by atoms with E-state index in [9.17, 15) is 21.6 Å². The molecule has 1 aromatic rings. The van der Waals surface area contributed by atoms with E-state index in [1.165, 1.54) is 13.0 Å². The first-order valence-corrected chi connectivity index (χ1v) is 6.39. The van der Waals surface area contributed by atoms with Gasteiger partial charge in [-0.05, 0) is 12.5 Å². The van der Waals surface area contributed by atoms with Crippen LogP contribution in [0, 0.1) is 0 Å². The summed E-state index contributed by atoms with van der Waals surface area (Å²) >= 11 is 0. The van der Waals surface area contributed by atoms with Crippen LogP contribution in [0.2, 0.25) is 0 Å². The van der Waals surface area contributed by atoms with Gasteiger partial charge in [0.05, 0.1) is 5.75 Å². The Morgan fingerprint density at radius 1 is 1.24 bits per heavy atom. The summed E-state index contributed by atoms with van der Waals surface area (Å²) in [6, 6.07) is 8.57. The van der Waals surface area contributed by atoms with Gasteiger partial charge in [-0.15, -0.1) is 0 Å². The van der Waals surface area contributed by atoms with Crippen LogP contribution in [0.25, 0.3) is 6.08 Å². The van der Waals surface area contributed by atoms with Crippen LogP contribution < -0.4 is 0 Å². The van der Waals surface area contributed by atoms with E-state index in [1.54, 1.807) is 30.3 Å². The van der Waals surface area contributed by atoms with Gasteiger partial charge in [0.25, 0.3) is 9.84 Å². The van der Waals surface area contributed by atoms with Crippen molar-refractivity contribution in [3.05, 3.63) is 41.5 Å². The Balaban J connectivity index is 2.88. The number of sulfone groups is 1. The second kappa shape index (κ2) is 4.91. The Morgan fingerprint density at radius 3 is 2.24 bits per heavy atom. The molecule has 0 saturated carbocycles. The quantitative estimate of drug-likeness (QED) is 0.841. The summed E-state index contributed by atoms with van der Waals surface area (Å²) in [5.41, 5.74) is -4.38. The molecule has 0 aliphatic rings. The highest BCUT2D eigenvalue weighted by atomic mass is 32.2. The molecule has 0 aromatic heterocycles. The Kier molecular flexibility index (Phi) is 3.98. The van der Waals surface area contributed by atoms with Crippen LogP contribution in [0.3, 0.4) is 0 Å². The normalized spacial score (nSPS) is 13.8. The summed E-state index contributed by atoms with van der Waals surface area (Å²) in [6.07, 6.45) is 1.42. The number of benzene rings is 1. The molecule has 0 amide bonds. The zero-order chi connectivity index (χ0) is 13.1. The first kappa shape index (κ1) is 13.8. The Morgan fingerprint density at radius 2 is 1.76 bits per heavy atom. The molecule has 0 atom stereocenters. The van der Waals surface area contributed by atoms with Crippen LogP contribution in [0.1, 0.15) is 12.5 Å². The molecule has 0 spiro atoms. The lowest BCUT2D eigenvalue weighted by atomic mass is 10.1. The predicted octanol–water partition coefficient (Wildman–Crippen LogP) is 3.02. The van der Waals surface area contributed by atoms with Crippen molar-refractivity contribution in [2.45, 2.75) is 12.4 Å². The fraction of sp³-hybridized carbons (Fsp3) is 0.273. The molecule has 0 heterocycles. The maximum Gasteiger partial charge on any atom is 0.497 e. The molecule has 2 nitrogen and oxygen atoms in total. The minimum Gasteiger partial charge on any atom is -0.219 e. The van der Waals surface area contributed by atoms with Crippen molar-refractivity contribution in [2.24, 2.45) is 0 Å². The Hall–Kier alpha value is -1.30. The molecule has 0 bridgehead atoms. The van der Waals surface area contributed by atoms with E-state index in [2.05, 4.69) is 0 Å². The van der Waals surface area contributed by atoms with Gasteiger partial charge in [-0.2, -0.15) is 13.2 Å². The fourth-order valence-corrected chi connectivity index (χ4v) is 2.10. The fourth-order valence-electron chi connectivity index (χ4n) is 1.26. The minimum absolute atomic E-state index is 0.147. The molecule has 0 fully saturated rings. The van der Waals surface area contributed by atoms with E-state index in [1.807, 2.05) is 0 Å². The van der Waals surface area contributed by atoms with Crippen LogP contribution in [-0.4, -0.2) is 19.7 Å². The first-order chi connectivity index (χ1) is 7.72. The van der Waals surface area contributed by atoms with Gasteiger partial charge in [0.15, 0.2) is 0 Å². The lowest BCUT2D eigenvalue weighted by molar-refractivity contribution is -0.0433. The molecule has 1 rings (SSSR count). The highest BCUT2D eigenvalue weighted by Crippen LogP contribution is 2.25. The third-order valence-corrected chi connectivity index (χ3v) is 3.52. The zero-order valence-corrected chi connectivity index (χ0v) is 9.85. The molecule has 1 aromatic carbocycles. The van der Waals surface area contributed by atoms with Crippen molar-refractivity contribution in [3.63, 3.8) is 0 Å². The Bertz CT molecular complexity index is 501. The highest BCUT2D eigenvalue weighted by molar-refractivity contribution is 7.92. The molecule has 0 unspecified atom stereocenters. The number of alkyl halides is 3. The average molecular weight is 264 g/mol. The number of rotatable bonds is 3. The molecular formula is C11H11F3O2S. The SMILES string of the molecule is C/C(=C\c1ccccc1)CS(=O)(=O)C(F)(F)F. The van der Waals surface area contributed by atoms with Crippen molar-refractivity contribution in [1.82, 2.24) is 0 Å². The molecule has 94 valence electrons. The monoisotopic (exact) mass is 264 g/mol. The topological polar surface area (TPSA) is 34.1 Å². The maximum absolute atomic E-state index is 12.1. The number of hydrogen-bond donors (Lipinski definition) is 0. The van der Waals surface area contributed by atoms with Gasteiger partial charge < -0.3 is 0 Å². The summed E-state index contributed by atoms with van der Waals surface area (Å²) in [7, 11) is -5.09. The van der Waals surface area contributed by atoms with Gasteiger partial charge in [-0.3, -0.25) is 0 Å². The summed E-state index contributed by atoms with van der Waals surface area (Å²) < 4.78 is 58.1. The minimum atomic E-state index is -5.20. The van der Waals surface area contributed by atoms with Gasteiger partial charge in [0.2, 0.25) is 0 Å². The van der Waals surface area contributed by atoms with Crippen LogP contribution in [0.5, 0.6) is 0 Å². The smallest absolute Gasteiger partial charge is 0.219 e. The van der Waals surface area contributed by atoms with E-state index in [0.717, 1.165) is 0 Å². The molecule has 0 saturated heterocycles. The van der Waals surface area contributed by atoms with E-state index in [-0.39, 0.29) is 5.57 Å². The van der Waals surface area contributed by atoms with E-state index in [4.69, 9.17) is 0 Å². The molecule has 0 aliphatic carbocycles. The predicted molar refractivity (Wildman–Crippen MR) is 59.9 cm³/mol. The molecular weight excluding hydrogens is 253 g/mol. The van der Waals surface area contributed by atoms with Gasteiger partial charge in [-0.1, -0.05) is 42.0 Å². The molecule has 17 heavy (non-hydrogen) atoms. The van der Waals surface area contributed by atoms with Crippen molar-refractivity contribution in [2.75, 3.05) is 5.75 Å². The number of hydrogen-bond acceptors (Lipinski definition) is 2. The Labute approximate surface area is 97.7 Å². The maximum atomic E-state index is 12.1. The van der Waals surface area contributed by atoms with Crippen LogP contribution in [0.15, 0.2) is 35.9 Å². The van der Waals surface area contributed by atoms with Crippen LogP contribution in [-0.2, 0) is 9.84 Å². The molecule has 0 aliphatic heterocycles. The van der Waals surface area contributed by atoms with Gasteiger partial charge >= 0.3 is 5.51 Å². The van der Waals surface area contributed by atoms with Gasteiger partial charge in [0, 0.05) is 0 Å². The second-order valence-corrected chi connectivity index (χ2v) is 5.59. The lowest BCUT2D eigenvalue weighted by Gasteiger charge is -2.08. The van der Waals surface area contributed by atoms with Crippen LogP contribution in [0.4, 0.5) is 13.2 Å². The molecule has 0 N–H and O–H groups in total. The van der Waals surface area contributed by atoms with Crippen molar-refractivity contribution >= 4 is 15.9 Å².